The maximum atomic E-state index is 10.6. The van der Waals surface area contributed by atoms with Gasteiger partial charge in [0.05, 0.1) is 0 Å². The molecule has 1 atom stereocenters. The number of aryl methyl sites for hydroxylation is 1. The summed E-state index contributed by atoms with van der Waals surface area (Å²) in [6.45, 7) is 3.69. The molecule has 1 unspecified atom stereocenters. The molecule has 1 amide bonds. The van der Waals surface area contributed by atoms with Gasteiger partial charge in [0.2, 0.25) is 0 Å². The quantitative estimate of drug-likeness (QED) is 0.771. The van der Waals surface area contributed by atoms with Crippen molar-refractivity contribution in [2.45, 2.75) is 19.9 Å². The molecule has 1 aromatic carbocycles. The highest BCUT2D eigenvalue weighted by Gasteiger charge is 2.08. The van der Waals surface area contributed by atoms with Gasteiger partial charge in [0.25, 0.3) is 5.91 Å². The molecule has 0 heterocycles. The number of amides is 1. The second-order valence-corrected chi connectivity index (χ2v) is 3.58. The molecule has 4 heteroatoms. The number of carbonyl (C=O) groups excluding carboxylic acids is 1. The van der Waals surface area contributed by atoms with Crippen molar-refractivity contribution in [3.63, 3.8) is 0 Å². The topological polar surface area (TPSA) is 78.3 Å². The van der Waals surface area contributed by atoms with Crippen molar-refractivity contribution in [2.24, 2.45) is 11.5 Å². The Morgan fingerprint density at radius 1 is 1.53 bits per heavy atom. The zero-order valence-electron chi connectivity index (χ0n) is 8.99. The first-order valence-electron chi connectivity index (χ1n) is 4.78. The molecule has 82 valence electrons. The van der Waals surface area contributed by atoms with E-state index in [-0.39, 0.29) is 12.6 Å². The third-order valence-electron chi connectivity index (χ3n) is 2.03. The largest absolute Gasteiger partial charge is 0.483 e. The summed E-state index contributed by atoms with van der Waals surface area (Å²) in [6, 6.07) is 5.57. The third kappa shape index (κ3) is 3.25. The van der Waals surface area contributed by atoms with Crippen LogP contribution in [0, 0.1) is 6.92 Å². The van der Waals surface area contributed by atoms with Gasteiger partial charge in [-0.1, -0.05) is 12.1 Å². The molecule has 0 bridgehead atoms. The predicted octanol–water partition coefficient (Wildman–Crippen LogP) is 0.879. The molecule has 4 nitrogen and oxygen atoms in total. The van der Waals surface area contributed by atoms with Crippen molar-refractivity contribution in [1.82, 2.24) is 0 Å². The van der Waals surface area contributed by atoms with Crippen LogP contribution in [0.2, 0.25) is 0 Å². The Balaban J connectivity index is 2.91. The van der Waals surface area contributed by atoms with Crippen LogP contribution in [0.15, 0.2) is 18.2 Å². The summed E-state index contributed by atoms with van der Waals surface area (Å²) >= 11 is 0. The number of nitrogens with two attached hydrogens (primary N) is 2. The zero-order valence-corrected chi connectivity index (χ0v) is 8.99. The number of benzene rings is 1. The molecule has 1 rings (SSSR count). The molecule has 0 radical (unpaired) electrons. The van der Waals surface area contributed by atoms with Crippen molar-refractivity contribution in [1.29, 1.82) is 0 Å². The Morgan fingerprint density at radius 2 is 2.20 bits per heavy atom. The average molecular weight is 208 g/mol. The van der Waals surface area contributed by atoms with Crippen LogP contribution in [0.25, 0.3) is 0 Å². The summed E-state index contributed by atoms with van der Waals surface area (Å²) in [5.74, 6) is 0.135. The van der Waals surface area contributed by atoms with Crippen LogP contribution in [0.4, 0.5) is 0 Å². The van der Waals surface area contributed by atoms with E-state index in [0.717, 1.165) is 11.1 Å². The fraction of sp³-hybridized carbons (Fsp3) is 0.364. The summed E-state index contributed by atoms with van der Waals surface area (Å²) in [5.41, 5.74) is 12.7. The van der Waals surface area contributed by atoms with Crippen LogP contribution in [-0.2, 0) is 4.79 Å². The molecule has 0 aliphatic heterocycles. The minimum absolute atomic E-state index is 0.122. The summed E-state index contributed by atoms with van der Waals surface area (Å²) in [6.07, 6.45) is 0. The van der Waals surface area contributed by atoms with Gasteiger partial charge in [-0.15, -0.1) is 0 Å². The Kier molecular flexibility index (Phi) is 3.68. The van der Waals surface area contributed by atoms with Gasteiger partial charge >= 0.3 is 0 Å². The van der Waals surface area contributed by atoms with Gasteiger partial charge in [0, 0.05) is 11.6 Å². The van der Waals surface area contributed by atoms with E-state index < -0.39 is 5.91 Å². The first kappa shape index (κ1) is 11.5. The number of hydrogen-bond acceptors (Lipinski definition) is 3. The third-order valence-corrected chi connectivity index (χ3v) is 2.03. The van der Waals surface area contributed by atoms with E-state index in [0.29, 0.717) is 5.75 Å². The second kappa shape index (κ2) is 4.79. The van der Waals surface area contributed by atoms with Gasteiger partial charge in [-0.25, -0.2) is 0 Å². The minimum atomic E-state index is -0.493. The van der Waals surface area contributed by atoms with Crippen LogP contribution in [-0.4, -0.2) is 12.5 Å². The van der Waals surface area contributed by atoms with E-state index >= 15 is 0 Å². The average Bonchev–Trinajstić information content (AvgIpc) is 2.14. The number of primary amides is 1. The standard InChI is InChI=1S/C11H16N2O2/c1-7-3-4-9(8(2)12)10(5-7)15-6-11(13)14/h3-5,8H,6,12H2,1-2H3,(H2,13,14). The summed E-state index contributed by atoms with van der Waals surface area (Å²) in [5, 5.41) is 0. The molecular formula is C11H16N2O2. The van der Waals surface area contributed by atoms with Crippen molar-refractivity contribution >= 4 is 5.91 Å². The van der Waals surface area contributed by atoms with E-state index in [1.54, 1.807) is 0 Å². The fourth-order valence-corrected chi connectivity index (χ4v) is 1.29. The van der Waals surface area contributed by atoms with E-state index in [4.69, 9.17) is 16.2 Å². The lowest BCUT2D eigenvalue weighted by Crippen LogP contribution is -2.21. The van der Waals surface area contributed by atoms with Crippen molar-refractivity contribution in [2.75, 3.05) is 6.61 Å². The molecule has 0 saturated heterocycles. The highest BCUT2D eigenvalue weighted by molar-refractivity contribution is 5.75. The van der Waals surface area contributed by atoms with E-state index in [1.807, 2.05) is 32.0 Å². The number of hydrogen-bond donors (Lipinski definition) is 2. The van der Waals surface area contributed by atoms with Gasteiger partial charge in [0.1, 0.15) is 5.75 Å². The maximum absolute atomic E-state index is 10.6. The Labute approximate surface area is 89.2 Å². The van der Waals surface area contributed by atoms with Gasteiger partial charge in [-0.2, -0.15) is 0 Å². The monoisotopic (exact) mass is 208 g/mol. The van der Waals surface area contributed by atoms with Gasteiger partial charge in [-0.3, -0.25) is 4.79 Å². The van der Waals surface area contributed by atoms with E-state index in [1.165, 1.54) is 0 Å². The van der Waals surface area contributed by atoms with Gasteiger partial charge in [-0.05, 0) is 25.5 Å². The van der Waals surface area contributed by atoms with Crippen LogP contribution >= 0.6 is 0 Å². The smallest absolute Gasteiger partial charge is 0.255 e. The van der Waals surface area contributed by atoms with Crippen molar-refractivity contribution in [3.8, 4) is 5.75 Å². The lowest BCUT2D eigenvalue weighted by atomic mass is 10.1. The van der Waals surface area contributed by atoms with Gasteiger partial charge < -0.3 is 16.2 Å². The van der Waals surface area contributed by atoms with Crippen LogP contribution in [0.5, 0.6) is 5.75 Å². The lowest BCUT2D eigenvalue weighted by molar-refractivity contribution is -0.119. The molecule has 0 aromatic heterocycles. The van der Waals surface area contributed by atoms with Crippen molar-refractivity contribution < 1.29 is 9.53 Å². The molecule has 4 N–H and O–H groups in total. The first-order valence-corrected chi connectivity index (χ1v) is 4.78. The molecule has 1 aromatic rings. The highest BCUT2D eigenvalue weighted by Crippen LogP contribution is 2.24. The summed E-state index contributed by atoms with van der Waals surface area (Å²) < 4.78 is 5.29. The maximum Gasteiger partial charge on any atom is 0.255 e. The fourth-order valence-electron chi connectivity index (χ4n) is 1.29. The summed E-state index contributed by atoms with van der Waals surface area (Å²) in [4.78, 5) is 10.6. The van der Waals surface area contributed by atoms with Gasteiger partial charge in [0.15, 0.2) is 6.61 Å². The zero-order chi connectivity index (χ0) is 11.4. The van der Waals surface area contributed by atoms with Crippen LogP contribution in [0.3, 0.4) is 0 Å². The normalized spacial score (nSPS) is 12.2. The molecule has 0 saturated carbocycles. The van der Waals surface area contributed by atoms with E-state index in [9.17, 15) is 4.79 Å². The van der Waals surface area contributed by atoms with E-state index in [2.05, 4.69) is 0 Å². The first-order chi connectivity index (χ1) is 7.00. The Morgan fingerprint density at radius 3 is 2.73 bits per heavy atom. The van der Waals surface area contributed by atoms with Crippen LogP contribution < -0.4 is 16.2 Å². The molecule has 15 heavy (non-hydrogen) atoms. The lowest BCUT2D eigenvalue weighted by Gasteiger charge is -2.13. The Bertz CT molecular complexity index is 362. The molecule has 0 aliphatic carbocycles. The Hall–Kier alpha value is -1.55. The number of ether oxygens (including phenoxy) is 1. The molecule has 0 spiro atoms. The number of rotatable bonds is 4. The van der Waals surface area contributed by atoms with Crippen LogP contribution in [0.1, 0.15) is 24.1 Å². The van der Waals surface area contributed by atoms with Crippen molar-refractivity contribution in [3.05, 3.63) is 29.3 Å². The predicted molar refractivity (Wildman–Crippen MR) is 58.5 cm³/mol. The molecule has 0 aliphatic rings. The molecule has 0 fully saturated rings. The minimum Gasteiger partial charge on any atom is -0.483 e. The second-order valence-electron chi connectivity index (χ2n) is 3.58. The molecular weight excluding hydrogens is 192 g/mol. The summed E-state index contributed by atoms with van der Waals surface area (Å²) in [7, 11) is 0. The number of carbonyl (C=O) groups is 1. The SMILES string of the molecule is Cc1ccc(C(C)N)c(OCC(N)=O)c1. The highest BCUT2D eigenvalue weighted by atomic mass is 16.5.